The largest absolute Gasteiger partial charge is 0.485 e. The number of nitrogen functional groups attached to an aromatic ring is 1. The fourth-order valence-electron chi connectivity index (χ4n) is 1.67. The molecule has 2 rings (SSSR count). The molecule has 0 bridgehead atoms. The van der Waals surface area contributed by atoms with Crippen molar-refractivity contribution < 1.29 is 4.74 Å². The third-order valence-corrected chi connectivity index (χ3v) is 2.45. The lowest BCUT2D eigenvalue weighted by Gasteiger charge is -2.11. The first-order valence-electron chi connectivity index (χ1n) is 5.44. The van der Waals surface area contributed by atoms with Crippen LogP contribution in [0.15, 0.2) is 30.3 Å². The lowest BCUT2D eigenvalue weighted by molar-refractivity contribution is 0.299. The molecule has 0 aliphatic rings. The summed E-state index contributed by atoms with van der Waals surface area (Å²) in [5, 5.41) is 0. The van der Waals surface area contributed by atoms with Crippen LogP contribution in [-0.2, 0) is 6.61 Å². The molecule has 88 valence electrons. The molecule has 0 aliphatic carbocycles. The average molecular weight is 229 g/mol. The van der Waals surface area contributed by atoms with E-state index in [2.05, 4.69) is 9.97 Å². The van der Waals surface area contributed by atoms with Crippen LogP contribution in [0.2, 0.25) is 0 Å². The van der Waals surface area contributed by atoms with Crippen LogP contribution in [0.3, 0.4) is 0 Å². The van der Waals surface area contributed by atoms with Crippen molar-refractivity contribution in [2.24, 2.45) is 0 Å². The van der Waals surface area contributed by atoms with E-state index in [0.717, 1.165) is 17.0 Å². The number of hydrogen-bond acceptors (Lipinski definition) is 4. The number of hydrogen-bond donors (Lipinski definition) is 1. The van der Waals surface area contributed by atoms with Crippen LogP contribution in [0.5, 0.6) is 5.75 Å². The number of nitrogens with two attached hydrogens (primary N) is 1. The second kappa shape index (κ2) is 4.82. The van der Waals surface area contributed by atoms with Gasteiger partial charge in [-0.1, -0.05) is 30.3 Å². The highest BCUT2D eigenvalue weighted by Gasteiger charge is 2.08. The summed E-state index contributed by atoms with van der Waals surface area (Å²) in [6.45, 7) is 4.24. The number of rotatable bonds is 3. The number of anilines is 1. The minimum Gasteiger partial charge on any atom is -0.485 e. The molecule has 0 fully saturated rings. The van der Waals surface area contributed by atoms with Crippen LogP contribution in [-0.4, -0.2) is 9.97 Å². The Kier molecular flexibility index (Phi) is 3.23. The molecule has 2 aromatic rings. The Bertz CT molecular complexity index is 488. The number of aryl methyl sites for hydroxylation is 2. The smallest absolute Gasteiger partial charge is 0.220 e. The van der Waals surface area contributed by atoms with Crippen LogP contribution in [0.1, 0.15) is 17.0 Å². The predicted octanol–water partition coefficient (Wildman–Crippen LogP) is 2.25. The quantitative estimate of drug-likeness (QED) is 0.876. The highest BCUT2D eigenvalue weighted by atomic mass is 16.5. The zero-order valence-electron chi connectivity index (χ0n) is 9.97. The zero-order chi connectivity index (χ0) is 12.3. The summed E-state index contributed by atoms with van der Waals surface area (Å²) in [5.41, 5.74) is 8.21. The minimum atomic E-state index is 0.284. The lowest BCUT2D eigenvalue weighted by atomic mass is 10.2. The molecule has 4 nitrogen and oxygen atoms in total. The third kappa shape index (κ3) is 2.72. The first kappa shape index (κ1) is 11.4. The Morgan fingerprint density at radius 1 is 1.06 bits per heavy atom. The summed E-state index contributed by atoms with van der Waals surface area (Å²) in [6, 6.07) is 9.98. The van der Waals surface area contributed by atoms with E-state index >= 15 is 0 Å². The summed E-state index contributed by atoms with van der Waals surface area (Å²) >= 11 is 0. The van der Waals surface area contributed by atoms with Gasteiger partial charge < -0.3 is 10.5 Å². The molecule has 0 atom stereocenters. The molecule has 0 spiro atoms. The molecular weight excluding hydrogens is 214 g/mol. The Hall–Kier alpha value is -2.10. The van der Waals surface area contributed by atoms with Gasteiger partial charge in [-0.3, -0.25) is 0 Å². The maximum Gasteiger partial charge on any atom is 0.220 e. The van der Waals surface area contributed by atoms with Gasteiger partial charge in [-0.2, -0.15) is 0 Å². The maximum atomic E-state index is 5.73. The summed E-state index contributed by atoms with van der Waals surface area (Å²) in [7, 11) is 0. The normalized spacial score (nSPS) is 10.2. The van der Waals surface area contributed by atoms with Gasteiger partial charge in [0, 0.05) is 0 Å². The van der Waals surface area contributed by atoms with Crippen LogP contribution in [0.25, 0.3) is 0 Å². The molecule has 4 heteroatoms. The highest BCUT2D eigenvalue weighted by molar-refractivity contribution is 5.36. The van der Waals surface area contributed by atoms with Crippen molar-refractivity contribution in [3.05, 3.63) is 47.3 Å². The second-order valence-electron chi connectivity index (χ2n) is 3.86. The van der Waals surface area contributed by atoms with E-state index in [9.17, 15) is 0 Å². The molecule has 0 amide bonds. The van der Waals surface area contributed by atoms with Crippen molar-refractivity contribution in [3.63, 3.8) is 0 Å². The van der Waals surface area contributed by atoms with Crippen molar-refractivity contribution in [1.29, 1.82) is 0 Å². The molecule has 2 N–H and O–H groups in total. The SMILES string of the molecule is Cc1nc(N)nc(C)c1OCc1ccccc1. The monoisotopic (exact) mass is 229 g/mol. The first-order chi connectivity index (χ1) is 8.16. The van der Waals surface area contributed by atoms with Gasteiger partial charge in [0.25, 0.3) is 0 Å². The first-order valence-corrected chi connectivity index (χ1v) is 5.44. The van der Waals surface area contributed by atoms with Gasteiger partial charge in [0.15, 0.2) is 5.75 Å². The van der Waals surface area contributed by atoms with E-state index in [-0.39, 0.29) is 5.95 Å². The predicted molar refractivity (Wildman–Crippen MR) is 66.7 cm³/mol. The van der Waals surface area contributed by atoms with Crippen molar-refractivity contribution >= 4 is 5.95 Å². The molecule has 1 aromatic carbocycles. The second-order valence-corrected chi connectivity index (χ2v) is 3.86. The Morgan fingerprint density at radius 3 is 2.24 bits per heavy atom. The highest BCUT2D eigenvalue weighted by Crippen LogP contribution is 2.21. The third-order valence-electron chi connectivity index (χ3n) is 2.45. The zero-order valence-corrected chi connectivity index (χ0v) is 9.97. The number of benzene rings is 1. The maximum absolute atomic E-state index is 5.73. The van der Waals surface area contributed by atoms with Crippen LogP contribution in [0.4, 0.5) is 5.95 Å². The summed E-state index contributed by atoms with van der Waals surface area (Å²) in [6.07, 6.45) is 0. The molecule has 17 heavy (non-hydrogen) atoms. The van der Waals surface area contributed by atoms with E-state index in [4.69, 9.17) is 10.5 Å². The summed E-state index contributed by atoms with van der Waals surface area (Å²) < 4.78 is 5.73. The Morgan fingerprint density at radius 2 is 1.65 bits per heavy atom. The van der Waals surface area contributed by atoms with E-state index in [1.807, 2.05) is 44.2 Å². The van der Waals surface area contributed by atoms with Gasteiger partial charge in [-0.15, -0.1) is 0 Å². The van der Waals surface area contributed by atoms with Gasteiger partial charge in [-0.05, 0) is 19.4 Å². The molecule has 0 unspecified atom stereocenters. The molecule has 0 saturated heterocycles. The van der Waals surface area contributed by atoms with Crippen LogP contribution >= 0.6 is 0 Å². The Labute approximate surface area is 100 Å². The van der Waals surface area contributed by atoms with Crippen molar-refractivity contribution in [2.75, 3.05) is 5.73 Å². The molecule has 0 aliphatic heterocycles. The van der Waals surface area contributed by atoms with Gasteiger partial charge in [0.1, 0.15) is 6.61 Å². The molecule has 1 aromatic heterocycles. The number of nitrogens with zero attached hydrogens (tertiary/aromatic N) is 2. The number of aromatic nitrogens is 2. The number of ether oxygens (including phenoxy) is 1. The summed E-state index contributed by atoms with van der Waals surface area (Å²) in [4.78, 5) is 8.18. The van der Waals surface area contributed by atoms with Crippen LogP contribution in [0, 0.1) is 13.8 Å². The molecular formula is C13H15N3O. The van der Waals surface area contributed by atoms with E-state index in [1.165, 1.54) is 0 Å². The van der Waals surface area contributed by atoms with Gasteiger partial charge >= 0.3 is 0 Å². The topological polar surface area (TPSA) is 61.0 Å². The standard InChI is InChI=1S/C13H15N3O/c1-9-12(10(2)16-13(14)15-9)17-8-11-6-4-3-5-7-11/h3-7H,8H2,1-2H3,(H2,14,15,16). The van der Waals surface area contributed by atoms with Gasteiger partial charge in [0.2, 0.25) is 5.95 Å². The minimum absolute atomic E-state index is 0.284. The van der Waals surface area contributed by atoms with Crippen molar-refractivity contribution in [2.45, 2.75) is 20.5 Å². The van der Waals surface area contributed by atoms with E-state index in [0.29, 0.717) is 12.4 Å². The fourth-order valence-corrected chi connectivity index (χ4v) is 1.67. The molecule has 0 saturated carbocycles. The lowest BCUT2D eigenvalue weighted by Crippen LogP contribution is -2.05. The summed E-state index contributed by atoms with van der Waals surface area (Å²) in [5.74, 6) is 0.995. The van der Waals surface area contributed by atoms with Gasteiger partial charge in [-0.25, -0.2) is 9.97 Å². The van der Waals surface area contributed by atoms with Crippen molar-refractivity contribution in [3.8, 4) is 5.75 Å². The van der Waals surface area contributed by atoms with Crippen LogP contribution < -0.4 is 10.5 Å². The fraction of sp³-hybridized carbons (Fsp3) is 0.231. The molecule has 1 heterocycles. The van der Waals surface area contributed by atoms with E-state index < -0.39 is 0 Å². The Balaban J connectivity index is 2.15. The molecule has 0 radical (unpaired) electrons. The average Bonchev–Trinajstić information content (AvgIpc) is 2.29. The van der Waals surface area contributed by atoms with E-state index in [1.54, 1.807) is 0 Å². The van der Waals surface area contributed by atoms with Crippen molar-refractivity contribution in [1.82, 2.24) is 9.97 Å². The van der Waals surface area contributed by atoms with Gasteiger partial charge in [0.05, 0.1) is 11.4 Å².